The summed E-state index contributed by atoms with van der Waals surface area (Å²) in [6.07, 6.45) is -2.00. The second-order valence-corrected chi connectivity index (χ2v) is 10.4. The number of hydrogen-bond donors (Lipinski definition) is 1. The van der Waals surface area contributed by atoms with Crippen LogP contribution in [0.3, 0.4) is 0 Å². The Kier molecular flexibility index (Phi) is 9.55. The zero-order valence-corrected chi connectivity index (χ0v) is 24.9. The third-order valence-corrected chi connectivity index (χ3v) is 7.38. The second kappa shape index (κ2) is 13.0. The van der Waals surface area contributed by atoms with Gasteiger partial charge in [0.1, 0.15) is 11.3 Å². The van der Waals surface area contributed by atoms with E-state index in [9.17, 15) is 23.1 Å². The van der Waals surface area contributed by atoms with Gasteiger partial charge in [0.2, 0.25) is 5.88 Å². The number of carbonyl (C=O) groups excluding carboxylic acids is 1. The van der Waals surface area contributed by atoms with E-state index in [1.54, 1.807) is 47.5 Å². The lowest BCUT2D eigenvalue weighted by atomic mass is 10.0. The van der Waals surface area contributed by atoms with Crippen LogP contribution in [0.15, 0.2) is 48.8 Å². The molecule has 10 nitrogen and oxygen atoms in total. The van der Waals surface area contributed by atoms with E-state index in [2.05, 4.69) is 15.1 Å². The Labute approximate surface area is 247 Å². The predicted molar refractivity (Wildman–Crippen MR) is 154 cm³/mol. The lowest BCUT2D eigenvalue weighted by Crippen LogP contribution is -2.43. The van der Waals surface area contributed by atoms with Crippen molar-refractivity contribution in [3.63, 3.8) is 0 Å². The van der Waals surface area contributed by atoms with Gasteiger partial charge in [0.25, 0.3) is 5.91 Å². The van der Waals surface area contributed by atoms with Gasteiger partial charge in [-0.1, -0.05) is 6.07 Å². The molecule has 1 unspecified atom stereocenters. The van der Waals surface area contributed by atoms with Gasteiger partial charge in [-0.15, -0.1) is 0 Å². The van der Waals surface area contributed by atoms with Crippen LogP contribution in [0.4, 0.5) is 13.2 Å². The van der Waals surface area contributed by atoms with E-state index in [0.29, 0.717) is 28.3 Å². The molecule has 1 atom stereocenters. The molecular weight excluding hydrogens is 565 g/mol. The molecule has 4 rings (SSSR count). The van der Waals surface area contributed by atoms with Gasteiger partial charge < -0.3 is 19.5 Å². The van der Waals surface area contributed by atoms with E-state index in [1.807, 2.05) is 25.8 Å². The third kappa shape index (κ3) is 6.57. The van der Waals surface area contributed by atoms with Crippen LogP contribution in [-0.4, -0.2) is 87.4 Å². The lowest BCUT2D eigenvalue weighted by molar-refractivity contribution is -0.143. The van der Waals surface area contributed by atoms with Crippen molar-refractivity contribution in [2.24, 2.45) is 0 Å². The van der Waals surface area contributed by atoms with Crippen LogP contribution in [0.5, 0.6) is 11.6 Å². The van der Waals surface area contributed by atoms with Crippen LogP contribution in [0.2, 0.25) is 0 Å². The van der Waals surface area contributed by atoms with Crippen LogP contribution in [0, 0.1) is 6.92 Å². The van der Waals surface area contributed by atoms with Crippen molar-refractivity contribution in [2.75, 3.05) is 41.0 Å². The maximum Gasteiger partial charge on any atom is 0.433 e. The molecule has 1 amide bonds. The minimum absolute atomic E-state index is 0.0466. The number of rotatable bonds is 11. The van der Waals surface area contributed by atoms with Gasteiger partial charge in [-0.3, -0.25) is 9.69 Å². The minimum Gasteiger partial charge on any atom is -0.497 e. The van der Waals surface area contributed by atoms with Crippen LogP contribution in [-0.2, 0) is 6.18 Å². The highest BCUT2D eigenvalue weighted by atomic mass is 19.4. The van der Waals surface area contributed by atoms with E-state index in [4.69, 9.17) is 9.47 Å². The molecule has 3 heterocycles. The summed E-state index contributed by atoms with van der Waals surface area (Å²) in [7, 11) is 4.82. The van der Waals surface area contributed by atoms with Crippen molar-refractivity contribution in [3.05, 3.63) is 71.2 Å². The van der Waals surface area contributed by atoms with Crippen molar-refractivity contribution < 1.29 is 32.5 Å². The number of fused-ring (bicyclic) bond motifs is 1. The fourth-order valence-electron chi connectivity index (χ4n) is 4.97. The smallest absolute Gasteiger partial charge is 0.433 e. The molecule has 4 aromatic rings. The molecule has 43 heavy (non-hydrogen) atoms. The van der Waals surface area contributed by atoms with E-state index in [1.165, 1.54) is 21.1 Å². The average Bonchev–Trinajstić information content (AvgIpc) is 3.39. The summed E-state index contributed by atoms with van der Waals surface area (Å²) in [6, 6.07) is 9.32. The quantitative estimate of drug-likeness (QED) is 0.265. The van der Waals surface area contributed by atoms with E-state index in [0.717, 1.165) is 11.8 Å². The molecule has 0 fully saturated rings. The molecule has 1 N–H and O–H groups in total. The zero-order chi connectivity index (χ0) is 31.5. The van der Waals surface area contributed by atoms with Gasteiger partial charge in [-0.25, -0.2) is 14.5 Å². The highest BCUT2D eigenvalue weighted by molar-refractivity contribution is 6.00. The van der Waals surface area contributed by atoms with Gasteiger partial charge in [0, 0.05) is 42.5 Å². The molecule has 0 radical (unpaired) electrons. The third-order valence-electron chi connectivity index (χ3n) is 7.38. The Morgan fingerprint density at radius 2 is 1.74 bits per heavy atom. The number of ether oxygens (including phenoxy) is 2. The number of aromatic nitrogens is 4. The fourth-order valence-corrected chi connectivity index (χ4v) is 4.97. The number of methoxy groups -OCH3 is 2. The number of nitrogens with zero attached hydrogens (tertiary/aromatic N) is 6. The zero-order valence-electron chi connectivity index (χ0n) is 24.9. The first-order valence-corrected chi connectivity index (χ1v) is 13.6. The molecule has 3 aromatic heterocycles. The summed E-state index contributed by atoms with van der Waals surface area (Å²) in [6.45, 7) is 5.38. The van der Waals surface area contributed by atoms with Crippen LogP contribution in [0.25, 0.3) is 16.9 Å². The summed E-state index contributed by atoms with van der Waals surface area (Å²) in [5.41, 5.74) is -0.0565. The summed E-state index contributed by atoms with van der Waals surface area (Å²) in [4.78, 5) is 26.1. The first-order chi connectivity index (χ1) is 20.4. The first-order valence-electron chi connectivity index (χ1n) is 13.6. The minimum atomic E-state index is -4.76. The van der Waals surface area contributed by atoms with Gasteiger partial charge >= 0.3 is 6.18 Å². The SMILES string of the molecule is COc1ccc(-c2nc3c(C(=O)N(CCN(C)C(CO)c4ccc(OC)nc4)C(C)C)cnn3c(C(F)(F)F)c2C)cc1. The van der Waals surface area contributed by atoms with Crippen LogP contribution >= 0.6 is 0 Å². The van der Waals surface area contributed by atoms with Gasteiger partial charge in [-0.2, -0.15) is 18.3 Å². The number of aliphatic hydroxyl groups excluding tert-OH is 1. The van der Waals surface area contributed by atoms with Gasteiger partial charge in [0.05, 0.1) is 38.8 Å². The number of carbonyl (C=O) groups is 1. The van der Waals surface area contributed by atoms with Crippen molar-refractivity contribution >= 4 is 11.6 Å². The van der Waals surface area contributed by atoms with Crippen molar-refractivity contribution in [1.82, 2.24) is 29.4 Å². The molecule has 0 saturated carbocycles. The summed E-state index contributed by atoms with van der Waals surface area (Å²) >= 11 is 0. The van der Waals surface area contributed by atoms with Crippen molar-refractivity contribution in [1.29, 1.82) is 0 Å². The van der Waals surface area contributed by atoms with Crippen molar-refractivity contribution in [2.45, 2.75) is 39.0 Å². The maximum absolute atomic E-state index is 14.4. The number of pyridine rings is 1. The average molecular weight is 601 g/mol. The molecule has 0 aliphatic carbocycles. The summed E-state index contributed by atoms with van der Waals surface area (Å²) in [5, 5.41) is 14.1. The van der Waals surface area contributed by atoms with Crippen LogP contribution < -0.4 is 9.47 Å². The maximum atomic E-state index is 14.4. The van der Waals surface area contributed by atoms with Crippen molar-refractivity contribution in [3.8, 4) is 22.9 Å². The molecule has 0 saturated heterocycles. The molecule has 0 spiro atoms. The largest absolute Gasteiger partial charge is 0.497 e. The number of halogens is 3. The Morgan fingerprint density at radius 1 is 1.05 bits per heavy atom. The molecule has 0 aliphatic rings. The highest BCUT2D eigenvalue weighted by Crippen LogP contribution is 2.37. The second-order valence-electron chi connectivity index (χ2n) is 10.4. The Balaban J connectivity index is 1.68. The number of likely N-dealkylation sites (N-methyl/N-ethyl adjacent to an activating group) is 1. The Morgan fingerprint density at radius 3 is 2.28 bits per heavy atom. The molecule has 1 aromatic carbocycles. The number of amides is 1. The van der Waals surface area contributed by atoms with E-state index >= 15 is 0 Å². The highest BCUT2D eigenvalue weighted by Gasteiger charge is 2.39. The monoisotopic (exact) mass is 600 g/mol. The standard InChI is InChI=1S/C30H35F3N6O4/c1-18(2)38(14-13-37(4)24(17-40)21-9-12-25(43-6)34-15-21)29(41)23-16-35-39-27(30(31,32)33)19(3)26(36-28(23)39)20-7-10-22(42-5)11-8-20/h7-12,15-16,18,24,40H,13-14,17H2,1-6H3. The number of aliphatic hydroxyl groups is 1. The van der Waals surface area contributed by atoms with E-state index < -0.39 is 23.8 Å². The first kappa shape index (κ1) is 31.7. The molecular formula is C30H35F3N6O4. The molecule has 230 valence electrons. The Hall–Kier alpha value is -4.23. The van der Waals surface area contributed by atoms with Gasteiger partial charge in [-0.05, 0) is 57.6 Å². The van der Waals surface area contributed by atoms with Gasteiger partial charge in [0.15, 0.2) is 11.3 Å². The Bertz CT molecular complexity index is 1560. The number of benzene rings is 1. The van der Waals surface area contributed by atoms with E-state index in [-0.39, 0.29) is 41.7 Å². The predicted octanol–water partition coefficient (Wildman–Crippen LogP) is 4.65. The summed E-state index contributed by atoms with van der Waals surface area (Å²) in [5.74, 6) is 0.485. The number of hydrogen-bond acceptors (Lipinski definition) is 8. The normalized spacial score (nSPS) is 12.7. The molecule has 0 bridgehead atoms. The fraction of sp³-hybridized carbons (Fsp3) is 0.400. The summed E-state index contributed by atoms with van der Waals surface area (Å²) < 4.78 is 54.0. The lowest BCUT2D eigenvalue weighted by Gasteiger charge is -2.32. The molecule has 13 heteroatoms. The topological polar surface area (TPSA) is 105 Å². The van der Waals surface area contributed by atoms with Crippen LogP contribution in [0.1, 0.15) is 47.1 Å². The molecule has 0 aliphatic heterocycles. The number of alkyl halides is 3.